The van der Waals surface area contributed by atoms with Crippen molar-refractivity contribution in [2.75, 3.05) is 12.3 Å². The molecule has 0 heterocycles. The second kappa shape index (κ2) is 7.97. The van der Waals surface area contributed by atoms with Crippen LogP contribution in [0.25, 0.3) is 0 Å². The average molecular weight is 368 g/mol. The Morgan fingerprint density at radius 3 is 2.48 bits per heavy atom. The number of rotatable bonds is 6. The van der Waals surface area contributed by atoms with Gasteiger partial charge in [0, 0.05) is 14.9 Å². The van der Waals surface area contributed by atoms with Gasteiger partial charge in [-0.3, -0.25) is 0 Å². The molecule has 112 valence electrons. The van der Waals surface area contributed by atoms with Crippen molar-refractivity contribution in [2.24, 2.45) is 0 Å². The van der Waals surface area contributed by atoms with Crippen LogP contribution in [0.3, 0.4) is 0 Å². The van der Waals surface area contributed by atoms with Crippen molar-refractivity contribution in [3.8, 4) is 0 Å². The molecule has 0 spiro atoms. The maximum atomic E-state index is 14.2. The fourth-order valence-electron chi connectivity index (χ4n) is 2.27. The lowest BCUT2D eigenvalue weighted by atomic mass is 9.98. The lowest BCUT2D eigenvalue weighted by molar-refractivity contribution is 0.558. The predicted molar refractivity (Wildman–Crippen MR) is 92.5 cm³/mol. The molecule has 0 saturated heterocycles. The second-order valence-electron chi connectivity index (χ2n) is 4.66. The van der Waals surface area contributed by atoms with E-state index in [1.807, 2.05) is 24.8 Å². The van der Waals surface area contributed by atoms with Gasteiger partial charge in [-0.15, -0.1) is 11.8 Å². The zero-order chi connectivity index (χ0) is 15.2. The topological polar surface area (TPSA) is 12.0 Å². The Labute approximate surface area is 138 Å². The van der Waals surface area contributed by atoms with Gasteiger partial charge in [-0.2, -0.15) is 0 Å². The Bertz CT molecular complexity index is 586. The van der Waals surface area contributed by atoms with Crippen molar-refractivity contribution < 1.29 is 4.39 Å². The highest BCUT2D eigenvalue weighted by Crippen LogP contribution is 2.28. The quantitative estimate of drug-likeness (QED) is 0.686. The third-order valence-corrected chi connectivity index (χ3v) is 4.59. The van der Waals surface area contributed by atoms with Crippen molar-refractivity contribution in [1.82, 2.24) is 5.32 Å². The van der Waals surface area contributed by atoms with Crippen LogP contribution >= 0.6 is 27.7 Å². The third kappa shape index (κ3) is 4.31. The Morgan fingerprint density at radius 2 is 1.86 bits per heavy atom. The van der Waals surface area contributed by atoms with Gasteiger partial charge in [-0.1, -0.05) is 41.9 Å². The van der Waals surface area contributed by atoms with Crippen LogP contribution < -0.4 is 5.32 Å². The first-order chi connectivity index (χ1) is 10.2. The largest absolute Gasteiger partial charge is 0.306 e. The van der Waals surface area contributed by atoms with E-state index in [0.29, 0.717) is 5.56 Å². The monoisotopic (exact) mass is 367 g/mol. The molecule has 0 radical (unpaired) electrons. The van der Waals surface area contributed by atoms with E-state index < -0.39 is 0 Å². The van der Waals surface area contributed by atoms with E-state index in [9.17, 15) is 4.39 Å². The summed E-state index contributed by atoms with van der Waals surface area (Å²) < 4.78 is 15.1. The molecule has 1 unspecified atom stereocenters. The number of halogens is 2. The molecule has 2 rings (SSSR count). The van der Waals surface area contributed by atoms with Crippen LogP contribution in [-0.4, -0.2) is 12.3 Å². The third-order valence-electron chi connectivity index (χ3n) is 3.20. The van der Waals surface area contributed by atoms with Gasteiger partial charge in [-0.05, 0) is 48.2 Å². The summed E-state index contributed by atoms with van der Waals surface area (Å²) in [5.74, 6) is 0.868. The number of nitrogens with one attached hydrogen (secondary N) is 1. The van der Waals surface area contributed by atoms with Gasteiger partial charge in [0.1, 0.15) is 5.82 Å². The lowest BCUT2D eigenvalue weighted by Gasteiger charge is -2.20. The van der Waals surface area contributed by atoms with Crippen LogP contribution in [0.5, 0.6) is 0 Å². The summed E-state index contributed by atoms with van der Waals surface area (Å²) in [4.78, 5) is 1.24. The minimum absolute atomic E-state index is 0.131. The van der Waals surface area contributed by atoms with E-state index in [4.69, 9.17) is 0 Å². The first kappa shape index (κ1) is 16.5. The Morgan fingerprint density at radius 1 is 1.14 bits per heavy atom. The highest BCUT2D eigenvalue weighted by Gasteiger charge is 2.17. The summed E-state index contributed by atoms with van der Waals surface area (Å²) >= 11 is 5.23. The zero-order valence-electron chi connectivity index (χ0n) is 12.2. The number of hydrogen-bond acceptors (Lipinski definition) is 2. The smallest absolute Gasteiger partial charge is 0.128 e. The van der Waals surface area contributed by atoms with Crippen molar-refractivity contribution in [1.29, 1.82) is 0 Å². The summed E-state index contributed by atoms with van der Waals surface area (Å²) in [6, 6.07) is 13.3. The molecular weight excluding hydrogens is 349 g/mol. The minimum atomic E-state index is -0.184. The molecule has 0 fully saturated rings. The average Bonchev–Trinajstić information content (AvgIpc) is 2.49. The predicted octanol–water partition coefficient (Wildman–Crippen LogP) is 5.40. The van der Waals surface area contributed by atoms with Gasteiger partial charge < -0.3 is 5.32 Å². The fraction of sp³-hybridized carbons (Fsp3) is 0.294. The van der Waals surface area contributed by atoms with Gasteiger partial charge >= 0.3 is 0 Å². The van der Waals surface area contributed by atoms with E-state index in [1.165, 1.54) is 11.0 Å². The zero-order valence-corrected chi connectivity index (χ0v) is 14.6. The minimum Gasteiger partial charge on any atom is -0.306 e. The molecule has 0 bridgehead atoms. The molecule has 1 N–H and O–H groups in total. The van der Waals surface area contributed by atoms with Crippen molar-refractivity contribution in [3.63, 3.8) is 0 Å². The Balaban J connectivity index is 2.35. The molecule has 1 atom stereocenters. The standard InChI is InChI=1S/C17H19BrFNS/c1-3-20-17(15-11-13(18)7-10-16(15)19)12-5-8-14(9-6-12)21-4-2/h5-11,17,20H,3-4H2,1-2H3. The summed E-state index contributed by atoms with van der Waals surface area (Å²) in [5.41, 5.74) is 1.75. The first-order valence-corrected chi connectivity index (χ1v) is 8.84. The lowest BCUT2D eigenvalue weighted by Crippen LogP contribution is -2.23. The van der Waals surface area contributed by atoms with Crippen LogP contribution in [0, 0.1) is 5.82 Å². The van der Waals surface area contributed by atoms with Crippen LogP contribution in [0.1, 0.15) is 31.0 Å². The SMILES string of the molecule is CCNC(c1ccc(SCC)cc1)c1cc(Br)ccc1F. The highest BCUT2D eigenvalue weighted by atomic mass is 79.9. The number of thioether (sulfide) groups is 1. The van der Waals surface area contributed by atoms with E-state index >= 15 is 0 Å². The molecule has 21 heavy (non-hydrogen) atoms. The van der Waals surface area contributed by atoms with Gasteiger partial charge in [-0.25, -0.2) is 4.39 Å². The van der Waals surface area contributed by atoms with E-state index in [0.717, 1.165) is 22.3 Å². The van der Waals surface area contributed by atoms with Crippen LogP contribution in [0.15, 0.2) is 51.8 Å². The van der Waals surface area contributed by atoms with E-state index in [-0.39, 0.29) is 11.9 Å². The van der Waals surface area contributed by atoms with Gasteiger partial charge in [0.25, 0.3) is 0 Å². The first-order valence-electron chi connectivity index (χ1n) is 7.06. The maximum absolute atomic E-state index is 14.2. The van der Waals surface area contributed by atoms with E-state index in [2.05, 4.69) is 52.4 Å². The van der Waals surface area contributed by atoms with Crippen molar-refractivity contribution in [2.45, 2.75) is 24.8 Å². The summed E-state index contributed by atoms with van der Waals surface area (Å²) in [5, 5.41) is 3.37. The molecular formula is C17H19BrFNS. The number of benzene rings is 2. The van der Waals surface area contributed by atoms with Gasteiger partial charge in [0.15, 0.2) is 0 Å². The molecule has 0 aliphatic carbocycles. The Kier molecular flexibility index (Phi) is 6.27. The molecule has 0 aliphatic heterocycles. The molecule has 2 aromatic carbocycles. The maximum Gasteiger partial charge on any atom is 0.128 e. The fourth-order valence-corrected chi connectivity index (χ4v) is 3.31. The van der Waals surface area contributed by atoms with Crippen molar-refractivity contribution >= 4 is 27.7 Å². The van der Waals surface area contributed by atoms with Crippen molar-refractivity contribution in [3.05, 3.63) is 63.9 Å². The van der Waals surface area contributed by atoms with Gasteiger partial charge in [0.05, 0.1) is 6.04 Å². The molecule has 0 aromatic heterocycles. The second-order valence-corrected chi connectivity index (χ2v) is 6.91. The molecule has 0 saturated carbocycles. The van der Waals surface area contributed by atoms with Crippen LogP contribution in [0.2, 0.25) is 0 Å². The molecule has 1 nitrogen and oxygen atoms in total. The molecule has 0 amide bonds. The summed E-state index contributed by atoms with van der Waals surface area (Å²) in [7, 11) is 0. The summed E-state index contributed by atoms with van der Waals surface area (Å²) in [6.07, 6.45) is 0. The summed E-state index contributed by atoms with van der Waals surface area (Å²) in [6.45, 7) is 4.95. The molecule has 2 aromatic rings. The van der Waals surface area contributed by atoms with E-state index in [1.54, 1.807) is 6.07 Å². The van der Waals surface area contributed by atoms with Gasteiger partial charge in [0.2, 0.25) is 0 Å². The molecule has 0 aliphatic rings. The highest BCUT2D eigenvalue weighted by molar-refractivity contribution is 9.10. The normalized spacial score (nSPS) is 12.4. The van der Waals surface area contributed by atoms with Crippen LogP contribution in [-0.2, 0) is 0 Å². The number of hydrogen-bond donors (Lipinski definition) is 1. The molecule has 4 heteroatoms. The van der Waals surface area contributed by atoms with Crippen LogP contribution in [0.4, 0.5) is 4.39 Å². The Hall–Kier alpha value is -0.840.